The monoisotopic (exact) mass is 220 g/mol. The number of benzene rings is 1. The second-order valence-electron chi connectivity index (χ2n) is 4.49. The standard InChI is InChI=1S/C13H20N2O/c1-15(13-6-8-16-10-13)7-5-11-3-2-4-12(14)9-11/h2-4,9,13H,5-8,10,14H2,1H3. The van der Waals surface area contributed by atoms with Gasteiger partial charge in [0.15, 0.2) is 0 Å². The summed E-state index contributed by atoms with van der Waals surface area (Å²) < 4.78 is 5.39. The van der Waals surface area contributed by atoms with Crippen LogP contribution >= 0.6 is 0 Å². The molecule has 0 radical (unpaired) electrons. The molecule has 1 unspecified atom stereocenters. The normalized spacial score (nSPS) is 20.5. The van der Waals surface area contributed by atoms with E-state index in [1.165, 1.54) is 5.56 Å². The zero-order valence-corrected chi connectivity index (χ0v) is 9.86. The molecule has 0 aliphatic carbocycles. The molecule has 1 heterocycles. The van der Waals surface area contributed by atoms with Crippen LogP contribution in [-0.2, 0) is 11.2 Å². The summed E-state index contributed by atoms with van der Waals surface area (Å²) >= 11 is 0. The van der Waals surface area contributed by atoms with Gasteiger partial charge < -0.3 is 15.4 Å². The maximum absolute atomic E-state index is 5.75. The summed E-state index contributed by atoms with van der Waals surface area (Å²) in [6.07, 6.45) is 2.21. The number of likely N-dealkylation sites (N-methyl/N-ethyl adjacent to an activating group) is 1. The van der Waals surface area contributed by atoms with E-state index >= 15 is 0 Å². The van der Waals surface area contributed by atoms with Gasteiger partial charge in [-0.2, -0.15) is 0 Å². The topological polar surface area (TPSA) is 38.5 Å². The van der Waals surface area contributed by atoms with Crippen LogP contribution in [0.2, 0.25) is 0 Å². The molecule has 0 aromatic heterocycles. The molecule has 1 aromatic rings. The van der Waals surface area contributed by atoms with E-state index < -0.39 is 0 Å². The van der Waals surface area contributed by atoms with Gasteiger partial charge in [-0.25, -0.2) is 0 Å². The molecule has 88 valence electrons. The molecular weight excluding hydrogens is 200 g/mol. The van der Waals surface area contributed by atoms with Crippen LogP contribution in [0.5, 0.6) is 0 Å². The molecule has 1 aliphatic rings. The second-order valence-corrected chi connectivity index (χ2v) is 4.49. The maximum atomic E-state index is 5.75. The van der Waals surface area contributed by atoms with Crippen molar-refractivity contribution in [3.05, 3.63) is 29.8 Å². The highest BCUT2D eigenvalue weighted by Gasteiger charge is 2.19. The minimum atomic E-state index is 0.598. The lowest BCUT2D eigenvalue weighted by atomic mass is 10.1. The number of hydrogen-bond acceptors (Lipinski definition) is 3. The fraction of sp³-hybridized carbons (Fsp3) is 0.538. The molecule has 0 spiro atoms. The highest BCUT2D eigenvalue weighted by Crippen LogP contribution is 2.12. The Kier molecular flexibility index (Phi) is 3.80. The van der Waals surface area contributed by atoms with E-state index in [0.717, 1.165) is 38.3 Å². The first-order valence-electron chi connectivity index (χ1n) is 5.88. The quantitative estimate of drug-likeness (QED) is 0.782. The van der Waals surface area contributed by atoms with Gasteiger partial charge in [0, 0.05) is 24.9 Å². The minimum Gasteiger partial charge on any atom is -0.399 e. The lowest BCUT2D eigenvalue weighted by molar-refractivity contribution is 0.160. The average Bonchev–Trinajstić information content (AvgIpc) is 2.79. The number of hydrogen-bond donors (Lipinski definition) is 1. The zero-order chi connectivity index (χ0) is 11.4. The van der Waals surface area contributed by atoms with Crippen molar-refractivity contribution in [2.24, 2.45) is 0 Å². The Morgan fingerprint density at radius 1 is 1.50 bits per heavy atom. The van der Waals surface area contributed by atoms with Crippen LogP contribution in [0.1, 0.15) is 12.0 Å². The summed E-state index contributed by atoms with van der Waals surface area (Å²) in [5.41, 5.74) is 7.92. The Hall–Kier alpha value is -1.06. The maximum Gasteiger partial charge on any atom is 0.0622 e. The van der Waals surface area contributed by atoms with E-state index in [1.807, 2.05) is 12.1 Å². The van der Waals surface area contributed by atoms with Gasteiger partial charge in [-0.3, -0.25) is 0 Å². The first-order valence-corrected chi connectivity index (χ1v) is 5.88. The van der Waals surface area contributed by atoms with Crippen LogP contribution in [0, 0.1) is 0 Å². The fourth-order valence-electron chi connectivity index (χ4n) is 2.11. The molecule has 3 nitrogen and oxygen atoms in total. The predicted molar refractivity (Wildman–Crippen MR) is 66.4 cm³/mol. The van der Waals surface area contributed by atoms with E-state index in [2.05, 4.69) is 24.1 Å². The highest BCUT2D eigenvalue weighted by molar-refractivity contribution is 5.40. The lowest BCUT2D eigenvalue weighted by Gasteiger charge is -2.22. The summed E-state index contributed by atoms with van der Waals surface area (Å²) in [4.78, 5) is 2.39. The number of nitrogens with two attached hydrogens (primary N) is 1. The lowest BCUT2D eigenvalue weighted by Crippen LogP contribution is -2.33. The van der Waals surface area contributed by atoms with Crippen molar-refractivity contribution in [1.29, 1.82) is 0 Å². The Bertz CT molecular complexity index is 334. The molecule has 0 bridgehead atoms. The van der Waals surface area contributed by atoms with Crippen molar-refractivity contribution in [1.82, 2.24) is 4.90 Å². The van der Waals surface area contributed by atoms with Crippen LogP contribution in [0.25, 0.3) is 0 Å². The van der Waals surface area contributed by atoms with Gasteiger partial charge in [0.25, 0.3) is 0 Å². The van der Waals surface area contributed by atoms with E-state index in [9.17, 15) is 0 Å². The SMILES string of the molecule is CN(CCc1cccc(N)c1)C1CCOC1. The summed E-state index contributed by atoms with van der Waals surface area (Å²) in [5.74, 6) is 0. The molecule has 2 rings (SSSR count). The van der Waals surface area contributed by atoms with Crippen molar-refractivity contribution in [3.8, 4) is 0 Å². The third kappa shape index (κ3) is 2.97. The Morgan fingerprint density at radius 3 is 3.06 bits per heavy atom. The van der Waals surface area contributed by atoms with Gasteiger partial charge in [0.05, 0.1) is 6.61 Å². The molecule has 0 saturated carbocycles. The van der Waals surface area contributed by atoms with Crippen molar-refractivity contribution < 1.29 is 4.74 Å². The average molecular weight is 220 g/mol. The smallest absolute Gasteiger partial charge is 0.0622 e. The third-order valence-electron chi connectivity index (χ3n) is 3.23. The molecule has 1 atom stereocenters. The zero-order valence-electron chi connectivity index (χ0n) is 9.86. The van der Waals surface area contributed by atoms with Gasteiger partial charge in [0.1, 0.15) is 0 Å². The molecule has 1 aliphatic heterocycles. The van der Waals surface area contributed by atoms with E-state index in [4.69, 9.17) is 10.5 Å². The molecule has 3 heteroatoms. The molecule has 0 amide bonds. The van der Waals surface area contributed by atoms with E-state index in [-0.39, 0.29) is 0 Å². The van der Waals surface area contributed by atoms with Crippen LogP contribution in [0.15, 0.2) is 24.3 Å². The third-order valence-corrected chi connectivity index (χ3v) is 3.23. The van der Waals surface area contributed by atoms with E-state index in [1.54, 1.807) is 0 Å². The van der Waals surface area contributed by atoms with Gasteiger partial charge in [-0.05, 0) is 37.6 Å². The number of nitrogen functional groups attached to an aromatic ring is 1. The molecule has 16 heavy (non-hydrogen) atoms. The number of nitrogens with zero attached hydrogens (tertiary/aromatic N) is 1. The van der Waals surface area contributed by atoms with Crippen molar-refractivity contribution in [2.45, 2.75) is 18.9 Å². The highest BCUT2D eigenvalue weighted by atomic mass is 16.5. The summed E-state index contributed by atoms with van der Waals surface area (Å²) in [6.45, 7) is 2.86. The van der Waals surface area contributed by atoms with Crippen LogP contribution in [0.3, 0.4) is 0 Å². The first kappa shape index (κ1) is 11.4. The fourth-order valence-corrected chi connectivity index (χ4v) is 2.11. The minimum absolute atomic E-state index is 0.598. The largest absolute Gasteiger partial charge is 0.399 e. The Balaban J connectivity index is 1.82. The van der Waals surface area contributed by atoms with Crippen LogP contribution in [0.4, 0.5) is 5.69 Å². The molecule has 1 fully saturated rings. The van der Waals surface area contributed by atoms with Crippen molar-refractivity contribution in [2.75, 3.05) is 32.5 Å². The number of anilines is 1. The predicted octanol–water partition coefficient (Wildman–Crippen LogP) is 1.53. The second kappa shape index (κ2) is 5.32. The Morgan fingerprint density at radius 2 is 2.38 bits per heavy atom. The van der Waals surface area contributed by atoms with E-state index in [0.29, 0.717) is 6.04 Å². The van der Waals surface area contributed by atoms with Crippen LogP contribution < -0.4 is 5.73 Å². The van der Waals surface area contributed by atoms with Gasteiger partial charge in [-0.1, -0.05) is 12.1 Å². The summed E-state index contributed by atoms with van der Waals surface area (Å²) in [7, 11) is 2.17. The number of ether oxygens (including phenoxy) is 1. The van der Waals surface area contributed by atoms with Gasteiger partial charge in [0.2, 0.25) is 0 Å². The molecule has 1 aromatic carbocycles. The summed E-state index contributed by atoms with van der Waals surface area (Å²) in [6, 6.07) is 8.73. The Labute approximate surface area is 97.2 Å². The molecule has 1 saturated heterocycles. The van der Waals surface area contributed by atoms with Gasteiger partial charge in [-0.15, -0.1) is 0 Å². The first-order chi connectivity index (χ1) is 7.75. The molecule has 2 N–H and O–H groups in total. The van der Waals surface area contributed by atoms with Crippen molar-refractivity contribution in [3.63, 3.8) is 0 Å². The summed E-state index contributed by atoms with van der Waals surface area (Å²) in [5, 5.41) is 0. The van der Waals surface area contributed by atoms with Crippen LogP contribution in [-0.4, -0.2) is 37.7 Å². The van der Waals surface area contributed by atoms with Crippen molar-refractivity contribution >= 4 is 5.69 Å². The number of rotatable bonds is 4. The van der Waals surface area contributed by atoms with Gasteiger partial charge >= 0.3 is 0 Å². The molecular formula is C13H20N2O.